The van der Waals surface area contributed by atoms with E-state index in [9.17, 15) is 9.59 Å². The number of carbonyl (C=O) groups is 2. The zero-order valence-electron chi connectivity index (χ0n) is 18.5. The molecule has 1 saturated heterocycles. The van der Waals surface area contributed by atoms with Crippen molar-refractivity contribution >= 4 is 23.2 Å². The van der Waals surface area contributed by atoms with E-state index < -0.39 is 5.92 Å². The van der Waals surface area contributed by atoms with E-state index in [0.29, 0.717) is 47.7 Å². The van der Waals surface area contributed by atoms with Crippen molar-refractivity contribution in [1.29, 1.82) is 0 Å². The Morgan fingerprint density at radius 1 is 1.12 bits per heavy atom. The first-order valence-corrected chi connectivity index (χ1v) is 10.00. The quantitative estimate of drug-likeness (QED) is 0.554. The maximum atomic E-state index is 12.9. The molecule has 1 aromatic heterocycles. The summed E-state index contributed by atoms with van der Waals surface area (Å²) in [5, 5.41) is 2.82. The van der Waals surface area contributed by atoms with E-state index in [4.69, 9.17) is 23.7 Å². The molecule has 0 saturated carbocycles. The SMILES string of the molecule is COCCOc1ncccc1NC(=O)C1CC(=O)N(c2cc(OC)c(OC)c(OC)c2)C1. The van der Waals surface area contributed by atoms with Crippen LogP contribution in [0.2, 0.25) is 0 Å². The fourth-order valence-electron chi connectivity index (χ4n) is 3.41. The van der Waals surface area contributed by atoms with Crippen molar-refractivity contribution in [2.75, 3.05) is 58.4 Å². The number of nitrogens with zero attached hydrogens (tertiary/aromatic N) is 2. The van der Waals surface area contributed by atoms with Gasteiger partial charge < -0.3 is 33.9 Å². The van der Waals surface area contributed by atoms with Crippen molar-refractivity contribution in [1.82, 2.24) is 4.98 Å². The van der Waals surface area contributed by atoms with E-state index in [1.54, 1.807) is 37.6 Å². The van der Waals surface area contributed by atoms with Gasteiger partial charge in [0, 0.05) is 38.4 Å². The predicted octanol–water partition coefficient (Wildman–Crippen LogP) is 2.12. The molecule has 2 heterocycles. The van der Waals surface area contributed by atoms with E-state index >= 15 is 0 Å². The lowest BCUT2D eigenvalue weighted by molar-refractivity contribution is -0.122. The summed E-state index contributed by atoms with van der Waals surface area (Å²) in [6.07, 6.45) is 1.64. The number of nitrogens with one attached hydrogen (secondary N) is 1. The van der Waals surface area contributed by atoms with Gasteiger partial charge in [-0.05, 0) is 12.1 Å². The third-order valence-electron chi connectivity index (χ3n) is 5.01. The average Bonchev–Trinajstić information content (AvgIpc) is 3.21. The van der Waals surface area contributed by atoms with E-state index in [-0.39, 0.29) is 24.8 Å². The van der Waals surface area contributed by atoms with Crippen LogP contribution in [-0.2, 0) is 14.3 Å². The molecule has 1 atom stereocenters. The molecule has 1 aromatic carbocycles. The van der Waals surface area contributed by atoms with Crippen LogP contribution in [0.3, 0.4) is 0 Å². The Hall–Kier alpha value is -3.53. The number of carbonyl (C=O) groups excluding carboxylic acids is 2. The lowest BCUT2D eigenvalue weighted by Gasteiger charge is -2.20. The molecule has 1 aliphatic heterocycles. The maximum Gasteiger partial charge on any atom is 0.237 e. The highest BCUT2D eigenvalue weighted by Gasteiger charge is 2.36. The Balaban J connectivity index is 1.75. The van der Waals surface area contributed by atoms with Gasteiger partial charge in [0.25, 0.3) is 0 Å². The maximum absolute atomic E-state index is 12.9. The van der Waals surface area contributed by atoms with E-state index in [1.165, 1.54) is 26.2 Å². The van der Waals surface area contributed by atoms with Gasteiger partial charge in [-0.3, -0.25) is 9.59 Å². The highest BCUT2D eigenvalue weighted by molar-refractivity contribution is 6.04. The summed E-state index contributed by atoms with van der Waals surface area (Å²) in [6, 6.07) is 6.76. The lowest BCUT2D eigenvalue weighted by Crippen LogP contribution is -2.28. The van der Waals surface area contributed by atoms with Crippen LogP contribution in [0.1, 0.15) is 6.42 Å². The molecule has 0 spiro atoms. The summed E-state index contributed by atoms with van der Waals surface area (Å²) >= 11 is 0. The zero-order chi connectivity index (χ0) is 23.1. The van der Waals surface area contributed by atoms with Crippen molar-refractivity contribution in [3.8, 4) is 23.1 Å². The number of hydrogen-bond acceptors (Lipinski definition) is 8. The third kappa shape index (κ3) is 5.02. The van der Waals surface area contributed by atoms with Gasteiger partial charge in [-0.2, -0.15) is 0 Å². The molecule has 0 radical (unpaired) electrons. The van der Waals surface area contributed by atoms with Gasteiger partial charge in [-0.1, -0.05) is 0 Å². The normalized spacial score (nSPS) is 15.4. The summed E-state index contributed by atoms with van der Waals surface area (Å²) in [6.45, 7) is 0.904. The van der Waals surface area contributed by atoms with E-state index in [1.807, 2.05) is 0 Å². The molecule has 3 rings (SSSR count). The van der Waals surface area contributed by atoms with Gasteiger partial charge in [0.2, 0.25) is 23.4 Å². The number of benzene rings is 1. The number of methoxy groups -OCH3 is 4. The molecule has 1 fully saturated rings. The van der Waals surface area contributed by atoms with E-state index in [0.717, 1.165) is 0 Å². The molecule has 2 amide bonds. The van der Waals surface area contributed by atoms with Crippen LogP contribution in [0.25, 0.3) is 0 Å². The van der Waals surface area contributed by atoms with Crippen LogP contribution in [-0.4, -0.2) is 65.0 Å². The molecule has 10 heteroatoms. The van der Waals surface area contributed by atoms with Crippen LogP contribution >= 0.6 is 0 Å². The highest BCUT2D eigenvalue weighted by atomic mass is 16.5. The Bertz CT molecular complexity index is 941. The predicted molar refractivity (Wildman–Crippen MR) is 117 cm³/mol. The molecule has 1 unspecified atom stereocenters. The second kappa shape index (κ2) is 10.7. The third-order valence-corrected chi connectivity index (χ3v) is 5.01. The second-order valence-corrected chi connectivity index (χ2v) is 6.98. The minimum Gasteiger partial charge on any atom is -0.493 e. The zero-order valence-corrected chi connectivity index (χ0v) is 18.5. The fraction of sp³-hybridized carbons (Fsp3) is 0.409. The number of amides is 2. The van der Waals surface area contributed by atoms with Gasteiger partial charge >= 0.3 is 0 Å². The molecule has 10 nitrogen and oxygen atoms in total. The number of pyridine rings is 1. The molecular formula is C22H27N3O7. The summed E-state index contributed by atoms with van der Waals surface area (Å²) in [7, 11) is 6.08. The summed E-state index contributed by atoms with van der Waals surface area (Å²) in [4.78, 5) is 31.3. The average molecular weight is 445 g/mol. The smallest absolute Gasteiger partial charge is 0.237 e. The Morgan fingerprint density at radius 2 is 1.84 bits per heavy atom. The molecule has 0 aliphatic carbocycles. The van der Waals surface area contributed by atoms with Gasteiger partial charge in [0.05, 0.1) is 39.5 Å². The van der Waals surface area contributed by atoms with Gasteiger partial charge in [0.1, 0.15) is 12.3 Å². The van der Waals surface area contributed by atoms with Crippen molar-refractivity contribution in [2.45, 2.75) is 6.42 Å². The Morgan fingerprint density at radius 3 is 2.47 bits per heavy atom. The van der Waals surface area contributed by atoms with Crippen molar-refractivity contribution in [2.24, 2.45) is 5.92 Å². The molecule has 2 aromatic rings. The Labute approximate surface area is 186 Å². The first-order chi connectivity index (χ1) is 15.5. The van der Waals surface area contributed by atoms with Crippen molar-refractivity contribution < 1.29 is 33.3 Å². The number of ether oxygens (including phenoxy) is 5. The molecule has 0 bridgehead atoms. The number of aromatic nitrogens is 1. The van der Waals surface area contributed by atoms with Crippen LogP contribution in [0.15, 0.2) is 30.5 Å². The molecule has 1 N–H and O–H groups in total. The van der Waals surface area contributed by atoms with Crippen molar-refractivity contribution in [3.63, 3.8) is 0 Å². The van der Waals surface area contributed by atoms with Crippen LogP contribution in [0.5, 0.6) is 23.1 Å². The second-order valence-electron chi connectivity index (χ2n) is 6.98. The number of hydrogen-bond donors (Lipinski definition) is 1. The molecular weight excluding hydrogens is 418 g/mol. The monoisotopic (exact) mass is 445 g/mol. The molecule has 32 heavy (non-hydrogen) atoms. The first kappa shape index (κ1) is 23.1. The fourth-order valence-corrected chi connectivity index (χ4v) is 3.41. The van der Waals surface area contributed by atoms with Crippen LogP contribution < -0.4 is 29.2 Å². The Kier molecular flexibility index (Phi) is 7.72. The van der Waals surface area contributed by atoms with Crippen LogP contribution in [0.4, 0.5) is 11.4 Å². The summed E-state index contributed by atoms with van der Waals surface area (Å²) in [5.74, 6) is 0.557. The molecule has 1 aliphatic rings. The van der Waals surface area contributed by atoms with Crippen molar-refractivity contribution in [3.05, 3.63) is 30.5 Å². The van der Waals surface area contributed by atoms with Gasteiger partial charge in [-0.15, -0.1) is 0 Å². The number of anilines is 2. The van der Waals surface area contributed by atoms with E-state index in [2.05, 4.69) is 10.3 Å². The minimum atomic E-state index is -0.548. The standard InChI is InChI=1S/C22H27N3O7/c1-28-8-9-32-22-16(6-5-7-23-22)24-21(27)14-10-19(26)25(13-14)15-11-17(29-2)20(31-4)18(12-15)30-3/h5-7,11-12,14H,8-10,13H2,1-4H3,(H,24,27). The topological polar surface area (TPSA) is 108 Å². The summed E-state index contributed by atoms with van der Waals surface area (Å²) < 4.78 is 26.6. The first-order valence-electron chi connectivity index (χ1n) is 10.00. The largest absolute Gasteiger partial charge is 0.493 e. The lowest BCUT2D eigenvalue weighted by atomic mass is 10.1. The number of rotatable bonds is 10. The highest BCUT2D eigenvalue weighted by Crippen LogP contribution is 2.42. The van der Waals surface area contributed by atoms with Crippen LogP contribution in [0, 0.1) is 5.92 Å². The minimum absolute atomic E-state index is 0.0720. The molecule has 172 valence electrons. The van der Waals surface area contributed by atoms with Gasteiger partial charge in [-0.25, -0.2) is 4.98 Å². The summed E-state index contributed by atoms with van der Waals surface area (Å²) in [5.41, 5.74) is 0.997. The van der Waals surface area contributed by atoms with Gasteiger partial charge in [0.15, 0.2) is 11.5 Å².